The Morgan fingerprint density at radius 3 is 2.62 bits per heavy atom. The molecule has 0 aromatic heterocycles. The highest BCUT2D eigenvalue weighted by atomic mass is 32.2. The highest BCUT2D eigenvalue weighted by Gasteiger charge is 2.10. The van der Waals surface area contributed by atoms with Gasteiger partial charge in [0, 0.05) is 0 Å². The van der Waals surface area contributed by atoms with E-state index in [-0.39, 0.29) is 16.9 Å². The Balaban J connectivity index is 2.53. The SMILES string of the molecule is Cc1ccc(CC(C#N)SCC(N)=O)cc1. The Morgan fingerprint density at radius 2 is 2.12 bits per heavy atom. The molecule has 2 N–H and O–H groups in total. The average molecular weight is 234 g/mol. The molecule has 0 aliphatic heterocycles. The summed E-state index contributed by atoms with van der Waals surface area (Å²) in [5.74, 6) is -0.182. The molecule has 0 radical (unpaired) electrons. The van der Waals surface area contributed by atoms with E-state index in [9.17, 15) is 4.79 Å². The summed E-state index contributed by atoms with van der Waals surface area (Å²) in [5, 5.41) is 8.72. The lowest BCUT2D eigenvalue weighted by molar-refractivity contribution is -0.115. The first kappa shape index (κ1) is 12.6. The number of thioether (sulfide) groups is 1. The summed E-state index contributed by atoms with van der Waals surface area (Å²) < 4.78 is 0. The van der Waals surface area contributed by atoms with Gasteiger partial charge in [0.15, 0.2) is 0 Å². The number of carbonyl (C=O) groups is 1. The van der Waals surface area contributed by atoms with Crippen molar-refractivity contribution in [1.82, 2.24) is 0 Å². The van der Waals surface area contributed by atoms with Crippen molar-refractivity contribution >= 4 is 17.7 Å². The summed E-state index contributed by atoms with van der Waals surface area (Å²) in [5.41, 5.74) is 7.34. The maximum absolute atomic E-state index is 10.6. The first-order valence-electron chi connectivity index (χ1n) is 4.97. The minimum absolute atomic E-state index is 0.199. The normalized spacial score (nSPS) is 11.8. The number of aryl methyl sites for hydroxylation is 1. The summed E-state index contributed by atoms with van der Waals surface area (Å²) in [7, 11) is 0. The van der Waals surface area contributed by atoms with Crippen LogP contribution in [0.3, 0.4) is 0 Å². The van der Waals surface area contributed by atoms with Crippen LogP contribution in [0.1, 0.15) is 11.1 Å². The summed E-state index contributed by atoms with van der Waals surface area (Å²) >= 11 is 1.29. The van der Waals surface area contributed by atoms with Gasteiger partial charge in [-0.1, -0.05) is 29.8 Å². The molecule has 1 aromatic rings. The van der Waals surface area contributed by atoms with Crippen molar-refractivity contribution in [3.63, 3.8) is 0 Å². The zero-order valence-electron chi connectivity index (χ0n) is 9.14. The van der Waals surface area contributed by atoms with Crippen LogP contribution >= 0.6 is 11.8 Å². The fourth-order valence-electron chi connectivity index (χ4n) is 1.26. The monoisotopic (exact) mass is 234 g/mol. The molecule has 3 nitrogen and oxygen atoms in total. The summed E-state index contributed by atoms with van der Waals surface area (Å²) in [6, 6.07) is 10.2. The van der Waals surface area contributed by atoms with Gasteiger partial charge < -0.3 is 5.73 Å². The fourth-order valence-corrected chi connectivity index (χ4v) is 2.01. The maximum atomic E-state index is 10.6. The Kier molecular flexibility index (Phi) is 4.87. The van der Waals surface area contributed by atoms with Crippen LogP contribution in [0.15, 0.2) is 24.3 Å². The van der Waals surface area contributed by atoms with Crippen LogP contribution in [0, 0.1) is 18.3 Å². The van der Waals surface area contributed by atoms with Gasteiger partial charge in [0.25, 0.3) is 0 Å². The van der Waals surface area contributed by atoms with Gasteiger partial charge in [-0.05, 0) is 18.9 Å². The molecule has 0 heterocycles. The van der Waals surface area contributed by atoms with Gasteiger partial charge in [-0.2, -0.15) is 5.26 Å². The smallest absolute Gasteiger partial charge is 0.227 e. The molecule has 84 valence electrons. The molecular weight excluding hydrogens is 220 g/mol. The number of amides is 1. The molecule has 0 saturated carbocycles. The lowest BCUT2D eigenvalue weighted by Crippen LogP contribution is -2.16. The van der Waals surface area contributed by atoms with Crippen molar-refractivity contribution in [3.8, 4) is 6.07 Å². The van der Waals surface area contributed by atoms with E-state index in [1.54, 1.807) is 0 Å². The van der Waals surface area contributed by atoms with E-state index in [0.29, 0.717) is 6.42 Å². The third-order valence-electron chi connectivity index (χ3n) is 2.11. The van der Waals surface area contributed by atoms with Gasteiger partial charge in [0.1, 0.15) is 0 Å². The van der Waals surface area contributed by atoms with Gasteiger partial charge in [-0.3, -0.25) is 4.79 Å². The highest BCUT2D eigenvalue weighted by Crippen LogP contribution is 2.16. The van der Waals surface area contributed by atoms with E-state index >= 15 is 0 Å². The first-order valence-corrected chi connectivity index (χ1v) is 6.01. The number of nitrogens with two attached hydrogens (primary N) is 1. The number of carbonyl (C=O) groups excluding carboxylic acids is 1. The fraction of sp³-hybridized carbons (Fsp3) is 0.333. The Bertz CT molecular complexity index is 394. The van der Waals surface area contributed by atoms with Gasteiger partial charge in [0.05, 0.1) is 17.1 Å². The molecule has 0 spiro atoms. The molecule has 0 saturated heterocycles. The van der Waals surface area contributed by atoms with E-state index in [1.807, 2.05) is 31.2 Å². The molecule has 0 aliphatic rings. The molecule has 1 atom stereocenters. The molecule has 1 rings (SSSR count). The summed E-state index contributed by atoms with van der Waals surface area (Å²) in [6.45, 7) is 2.02. The molecule has 16 heavy (non-hydrogen) atoms. The first-order chi connectivity index (χ1) is 7.61. The molecule has 1 aromatic carbocycles. The zero-order valence-corrected chi connectivity index (χ0v) is 9.96. The lowest BCUT2D eigenvalue weighted by atomic mass is 10.1. The number of rotatable bonds is 5. The van der Waals surface area contributed by atoms with Crippen LogP contribution in [0.2, 0.25) is 0 Å². The van der Waals surface area contributed by atoms with Gasteiger partial charge in [-0.15, -0.1) is 11.8 Å². The predicted molar refractivity (Wildman–Crippen MR) is 65.9 cm³/mol. The lowest BCUT2D eigenvalue weighted by Gasteiger charge is -2.07. The van der Waals surface area contributed by atoms with Crippen LogP contribution in [0.25, 0.3) is 0 Å². The second-order valence-electron chi connectivity index (χ2n) is 3.58. The minimum atomic E-state index is -0.380. The highest BCUT2D eigenvalue weighted by molar-refractivity contribution is 8.00. The van der Waals surface area contributed by atoms with Crippen molar-refractivity contribution in [2.75, 3.05) is 5.75 Å². The Morgan fingerprint density at radius 1 is 1.50 bits per heavy atom. The van der Waals surface area contributed by atoms with Gasteiger partial charge in [-0.25, -0.2) is 0 Å². The number of hydrogen-bond donors (Lipinski definition) is 1. The Labute approximate surface area is 99.6 Å². The number of benzene rings is 1. The third kappa shape index (κ3) is 4.37. The van der Waals surface area contributed by atoms with E-state index in [1.165, 1.54) is 17.3 Å². The van der Waals surface area contributed by atoms with E-state index in [4.69, 9.17) is 11.0 Å². The third-order valence-corrected chi connectivity index (χ3v) is 3.24. The van der Waals surface area contributed by atoms with E-state index in [2.05, 4.69) is 6.07 Å². The number of nitrogens with zero attached hydrogens (tertiary/aromatic N) is 1. The largest absolute Gasteiger partial charge is 0.369 e. The van der Waals surface area contributed by atoms with Crippen LogP contribution in [-0.2, 0) is 11.2 Å². The van der Waals surface area contributed by atoms with Gasteiger partial charge >= 0.3 is 0 Å². The van der Waals surface area contributed by atoms with Crippen LogP contribution < -0.4 is 5.73 Å². The van der Waals surface area contributed by atoms with Gasteiger partial charge in [0.2, 0.25) is 5.91 Å². The predicted octanol–water partition coefficient (Wildman–Crippen LogP) is 1.65. The topological polar surface area (TPSA) is 66.9 Å². The second kappa shape index (κ2) is 6.19. The summed E-state index contributed by atoms with van der Waals surface area (Å²) in [4.78, 5) is 10.6. The van der Waals surface area contributed by atoms with Crippen LogP contribution in [-0.4, -0.2) is 16.9 Å². The van der Waals surface area contributed by atoms with Crippen molar-refractivity contribution in [2.24, 2.45) is 5.73 Å². The number of primary amides is 1. The minimum Gasteiger partial charge on any atom is -0.369 e. The zero-order chi connectivity index (χ0) is 12.0. The Hall–Kier alpha value is -1.47. The molecule has 4 heteroatoms. The number of hydrogen-bond acceptors (Lipinski definition) is 3. The average Bonchev–Trinajstić information content (AvgIpc) is 2.26. The standard InChI is InChI=1S/C12H14N2OS/c1-9-2-4-10(5-3-9)6-11(7-13)16-8-12(14)15/h2-5,11H,6,8H2,1H3,(H2,14,15). The second-order valence-corrected chi connectivity index (χ2v) is 4.78. The van der Waals surface area contributed by atoms with Crippen molar-refractivity contribution in [3.05, 3.63) is 35.4 Å². The molecule has 0 fully saturated rings. The van der Waals surface area contributed by atoms with E-state index < -0.39 is 0 Å². The van der Waals surface area contributed by atoms with Crippen molar-refractivity contribution in [1.29, 1.82) is 5.26 Å². The quantitative estimate of drug-likeness (QED) is 0.842. The molecular formula is C12H14N2OS. The molecule has 1 unspecified atom stereocenters. The molecule has 0 aliphatic carbocycles. The maximum Gasteiger partial charge on any atom is 0.227 e. The van der Waals surface area contributed by atoms with Crippen LogP contribution in [0.4, 0.5) is 0 Å². The molecule has 1 amide bonds. The summed E-state index contributed by atoms with van der Waals surface area (Å²) in [6.07, 6.45) is 0.648. The number of nitriles is 1. The van der Waals surface area contributed by atoms with E-state index in [0.717, 1.165) is 5.56 Å². The molecule has 0 bridgehead atoms. The van der Waals surface area contributed by atoms with Crippen molar-refractivity contribution < 1.29 is 4.79 Å². The van der Waals surface area contributed by atoms with Crippen LogP contribution in [0.5, 0.6) is 0 Å². The van der Waals surface area contributed by atoms with Crippen molar-refractivity contribution in [2.45, 2.75) is 18.6 Å².